The third-order valence-electron chi connectivity index (χ3n) is 4.17. The predicted octanol–water partition coefficient (Wildman–Crippen LogP) is 2.67. The van der Waals surface area contributed by atoms with Crippen LogP contribution in [0.2, 0.25) is 0 Å². The van der Waals surface area contributed by atoms with E-state index >= 15 is 0 Å². The molecule has 0 aliphatic rings. The van der Waals surface area contributed by atoms with Crippen LogP contribution in [0.15, 0.2) is 61.3 Å². The number of aromatic nitrogens is 5. The summed E-state index contributed by atoms with van der Waals surface area (Å²) in [6, 6.07) is 11.7. The summed E-state index contributed by atoms with van der Waals surface area (Å²) in [5.41, 5.74) is 2.21. The van der Waals surface area contributed by atoms with Crippen LogP contribution in [0.25, 0.3) is 11.5 Å². The smallest absolute Gasteiger partial charge is 0.271 e. The zero-order chi connectivity index (χ0) is 19.5. The number of nitrogens with one attached hydrogen (secondary N) is 2. The van der Waals surface area contributed by atoms with Crippen molar-refractivity contribution in [3.8, 4) is 5.95 Å². The summed E-state index contributed by atoms with van der Waals surface area (Å²) in [5.74, 6) is 1.26. The highest BCUT2D eigenvalue weighted by Gasteiger charge is 2.15. The third-order valence-corrected chi connectivity index (χ3v) is 4.17. The van der Waals surface area contributed by atoms with Gasteiger partial charge in [-0.2, -0.15) is 0 Å². The average molecular weight is 375 g/mol. The number of anilines is 1. The average Bonchev–Trinajstić information content (AvgIpc) is 3.32. The molecule has 0 saturated heterocycles. The van der Waals surface area contributed by atoms with Gasteiger partial charge in [0.2, 0.25) is 5.95 Å². The van der Waals surface area contributed by atoms with E-state index < -0.39 is 0 Å². The number of rotatable bonds is 6. The Kier molecular flexibility index (Phi) is 4.76. The molecule has 8 heteroatoms. The first kappa shape index (κ1) is 17.7. The second kappa shape index (κ2) is 7.51. The van der Waals surface area contributed by atoms with Crippen LogP contribution in [0.5, 0.6) is 0 Å². The van der Waals surface area contributed by atoms with Gasteiger partial charge in [0.15, 0.2) is 0 Å². The van der Waals surface area contributed by atoms with E-state index in [2.05, 4.69) is 20.6 Å². The number of pyridine rings is 2. The van der Waals surface area contributed by atoms with Crippen LogP contribution >= 0.6 is 0 Å². The first-order valence-electron chi connectivity index (χ1n) is 9.08. The molecule has 0 spiro atoms. The molecule has 4 aromatic rings. The zero-order valence-electron chi connectivity index (χ0n) is 15.7. The van der Waals surface area contributed by atoms with Crippen molar-refractivity contribution in [1.82, 2.24) is 29.2 Å². The topological polar surface area (TPSA) is 89.1 Å². The predicted molar refractivity (Wildman–Crippen MR) is 106 cm³/mol. The molecule has 28 heavy (non-hydrogen) atoms. The highest BCUT2D eigenvalue weighted by Crippen LogP contribution is 2.18. The molecular weight excluding hydrogens is 354 g/mol. The summed E-state index contributed by atoms with van der Waals surface area (Å²) in [7, 11) is 0. The second-order valence-electron chi connectivity index (χ2n) is 6.68. The Morgan fingerprint density at radius 3 is 2.79 bits per heavy atom. The van der Waals surface area contributed by atoms with E-state index in [0.717, 1.165) is 17.0 Å². The SMILES string of the molecule is CC(C)NC(=O)c1cn(-c2nc(CNc3ccccn3)c3ccccn23)cn1. The Bertz CT molecular complexity index is 1100. The zero-order valence-corrected chi connectivity index (χ0v) is 15.7. The standard InChI is InChI=1S/C20H21N7O/c1-14(2)24-19(28)16-12-26(13-23-16)20-25-15(17-7-4-6-10-27(17)20)11-22-18-8-3-5-9-21-18/h3-10,12-14H,11H2,1-2H3,(H,21,22)(H,24,28). The minimum absolute atomic E-state index is 0.0502. The number of fused-ring (bicyclic) bond motifs is 1. The van der Waals surface area contributed by atoms with Crippen molar-refractivity contribution in [2.24, 2.45) is 0 Å². The minimum atomic E-state index is -0.202. The van der Waals surface area contributed by atoms with Crippen LogP contribution in [0, 0.1) is 0 Å². The van der Waals surface area contributed by atoms with Gasteiger partial charge in [-0.05, 0) is 38.1 Å². The van der Waals surface area contributed by atoms with Gasteiger partial charge in [-0.25, -0.2) is 15.0 Å². The molecule has 1 amide bonds. The summed E-state index contributed by atoms with van der Waals surface area (Å²) in [6.07, 6.45) is 6.98. The van der Waals surface area contributed by atoms with Gasteiger partial charge in [0.25, 0.3) is 5.91 Å². The van der Waals surface area contributed by atoms with Crippen molar-refractivity contribution in [2.75, 3.05) is 5.32 Å². The largest absolute Gasteiger partial charge is 0.364 e. The third kappa shape index (κ3) is 3.57. The Hall–Kier alpha value is -3.68. The molecule has 0 aliphatic heterocycles. The molecule has 0 aliphatic carbocycles. The maximum Gasteiger partial charge on any atom is 0.271 e. The van der Waals surface area contributed by atoms with Gasteiger partial charge in [0, 0.05) is 24.6 Å². The van der Waals surface area contributed by atoms with E-state index in [1.165, 1.54) is 0 Å². The van der Waals surface area contributed by atoms with Crippen LogP contribution in [0.4, 0.5) is 5.82 Å². The van der Waals surface area contributed by atoms with E-state index in [-0.39, 0.29) is 11.9 Å². The van der Waals surface area contributed by atoms with Crippen LogP contribution in [-0.2, 0) is 6.54 Å². The first-order valence-corrected chi connectivity index (χ1v) is 9.08. The number of hydrogen-bond acceptors (Lipinski definition) is 5. The number of amides is 1. The normalized spacial score (nSPS) is 11.1. The molecule has 0 unspecified atom stereocenters. The molecule has 0 aromatic carbocycles. The van der Waals surface area contributed by atoms with E-state index in [1.54, 1.807) is 23.3 Å². The number of nitrogens with zero attached hydrogens (tertiary/aromatic N) is 5. The molecule has 142 valence electrons. The van der Waals surface area contributed by atoms with Gasteiger partial charge in [-0.15, -0.1) is 0 Å². The Morgan fingerprint density at radius 2 is 2.00 bits per heavy atom. The molecule has 0 atom stereocenters. The highest BCUT2D eigenvalue weighted by molar-refractivity contribution is 5.92. The monoisotopic (exact) mass is 375 g/mol. The lowest BCUT2D eigenvalue weighted by Crippen LogP contribution is -2.30. The fourth-order valence-corrected chi connectivity index (χ4v) is 2.92. The van der Waals surface area contributed by atoms with Gasteiger partial charge in [-0.3, -0.25) is 13.8 Å². The fraction of sp³-hybridized carbons (Fsp3) is 0.200. The minimum Gasteiger partial charge on any atom is -0.364 e. The van der Waals surface area contributed by atoms with Gasteiger partial charge in [-0.1, -0.05) is 12.1 Å². The lowest BCUT2D eigenvalue weighted by molar-refractivity contribution is 0.0938. The molecule has 0 saturated carbocycles. The Balaban J connectivity index is 1.65. The first-order chi connectivity index (χ1) is 13.6. The molecular formula is C20H21N7O. The number of imidazole rings is 2. The summed E-state index contributed by atoms with van der Waals surface area (Å²) in [4.78, 5) is 25.5. The summed E-state index contributed by atoms with van der Waals surface area (Å²) in [5, 5.41) is 6.13. The van der Waals surface area contributed by atoms with Crippen LogP contribution in [-0.4, -0.2) is 35.9 Å². The van der Waals surface area contributed by atoms with E-state index in [1.807, 2.05) is 60.8 Å². The summed E-state index contributed by atoms with van der Waals surface area (Å²) >= 11 is 0. The molecule has 2 N–H and O–H groups in total. The fourth-order valence-electron chi connectivity index (χ4n) is 2.92. The van der Waals surface area contributed by atoms with Gasteiger partial charge >= 0.3 is 0 Å². The Labute approximate surface area is 162 Å². The maximum absolute atomic E-state index is 12.2. The van der Waals surface area contributed by atoms with E-state index in [0.29, 0.717) is 18.2 Å². The molecule has 4 heterocycles. The maximum atomic E-state index is 12.2. The van der Waals surface area contributed by atoms with Gasteiger partial charge in [0.05, 0.1) is 17.8 Å². The van der Waals surface area contributed by atoms with E-state index in [4.69, 9.17) is 4.98 Å². The van der Waals surface area contributed by atoms with Crippen molar-refractivity contribution in [3.63, 3.8) is 0 Å². The van der Waals surface area contributed by atoms with Gasteiger partial charge in [0.1, 0.15) is 17.8 Å². The summed E-state index contributed by atoms with van der Waals surface area (Å²) in [6.45, 7) is 4.36. The molecule has 0 fully saturated rings. The summed E-state index contributed by atoms with van der Waals surface area (Å²) < 4.78 is 3.73. The van der Waals surface area contributed by atoms with Crippen LogP contribution in [0.3, 0.4) is 0 Å². The van der Waals surface area contributed by atoms with Crippen LogP contribution in [0.1, 0.15) is 30.0 Å². The quantitative estimate of drug-likeness (QED) is 0.541. The van der Waals surface area contributed by atoms with E-state index in [9.17, 15) is 4.79 Å². The van der Waals surface area contributed by atoms with Crippen molar-refractivity contribution >= 4 is 17.2 Å². The number of carbonyl (C=O) groups is 1. The Morgan fingerprint density at radius 1 is 1.14 bits per heavy atom. The molecule has 0 bridgehead atoms. The number of hydrogen-bond donors (Lipinski definition) is 2. The molecule has 4 rings (SSSR count). The molecule has 8 nitrogen and oxygen atoms in total. The highest BCUT2D eigenvalue weighted by atomic mass is 16.1. The molecule has 4 aromatic heterocycles. The van der Waals surface area contributed by atoms with Crippen molar-refractivity contribution < 1.29 is 4.79 Å². The lowest BCUT2D eigenvalue weighted by atomic mass is 10.3. The van der Waals surface area contributed by atoms with Gasteiger partial charge < -0.3 is 10.6 Å². The number of carbonyl (C=O) groups excluding carboxylic acids is 1. The van der Waals surface area contributed by atoms with Crippen molar-refractivity contribution in [1.29, 1.82) is 0 Å². The van der Waals surface area contributed by atoms with Crippen LogP contribution < -0.4 is 10.6 Å². The lowest BCUT2D eigenvalue weighted by Gasteiger charge is -2.05. The molecule has 0 radical (unpaired) electrons. The van der Waals surface area contributed by atoms with Crippen molar-refractivity contribution in [3.05, 3.63) is 72.7 Å². The van der Waals surface area contributed by atoms with Crippen molar-refractivity contribution in [2.45, 2.75) is 26.4 Å². The second-order valence-corrected chi connectivity index (χ2v) is 6.68.